The van der Waals surface area contributed by atoms with Crippen molar-refractivity contribution in [3.63, 3.8) is 0 Å². The van der Waals surface area contributed by atoms with Crippen molar-refractivity contribution in [2.75, 3.05) is 6.61 Å². The van der Waals surface area contributed by atoms with Crippen molar-refractivity contribution < 1.29 is 9.63 Å². The van der Waals surface area contributed by atoms with Crippen LogP contribution in [0, 0.1) is 11.3 Å². The van der Waals surface area contributed by atoms with Gasteiger partial charge in [0.15, 0.2) is 0 Å². The fourth-order valence-electron chi connectivity index (χ4n) is 3.37. The third kappa shape index (κ3) is 3.62. The summed E-state index contributed by atoms with van der Waals surface area (Å²) >= 11 is 0. The molecule has 1 fully saturated rings. The van der Waals surface area contributed by atoms with Crippen molar-refractivity contribution in [3.05, 3.63) is 47.6 Å². The summed E-state index contributed by atoms with van der Waals surface area (Å²) in [6.45, 7) is 5.54. The number of hydrogen-bond donors (Lipinski definition) is 2. The number of aliphatic hydroxyl groups excluding tert-OH is 1. The van der Waals surface area contributed by atoms with E-state index in [1.807, 2.05) is 30.5 Å². The van der Waals surface area contributed by atoms with Gasteiger partial charge in [-0.1, -0.05) is 25.1 Å². The summed E-state index contributed by atoms with van der Waals surface area (Å²) in [6.07, 6.45) is 4.45. The van der Waals surface area contributed by atoms with Crippen LogP contribution in [0.3, 0.4) is 0 Å². The van der Waals surface area contributed by atoms with Gasteiger partial charge >= 0.3 is 0 Å². The lowest BCUT2D eigenvalue weighted by Crippen LogP contribution is -2.57. The van der Waals surface area contributed by atoms with E-state index in [1.54, 1.807) is 0 Å². The van der Waals surface area contributed by atoms with Gasteiger partial charge in [0.1, 0.15) is 5.76 Å². The molecule has 5 heteroatoms. The number of nitrogens with zero attached hydrogens (tertiary/aromatic N) is 2. The zero-order chi connectivity index (χ0) is 16.3. The minimum atomic E-state index is 0.100. The molecule has 2 N–H and O–H groups in total. The average Bonchev–Trinajstić information content (AvgIpc) is 2.99. The zero-order valence-electron chi connectivity index (χ0n) is 13.8. The van der Waals surface area contributed by atoms with Gasteiger partial charge in [0.2, 0.25) is 0 Å². The predicted octanol–water partition coefficient (Wildman–Crippen LogP) is 2.35. The fraction of sp³-hybridized carbons (Fsp3) is 0.556. The maximum Gasteiger partial charge on any atom is 0.139 e. The van der Waals surface area contributed by atoms with Crippen LogP contribution in [0.4, 0.5) is 0 Å². The zero-order valence-corrected chi connectivity index (χ0v) is 13.8. The Morgan fingerprint density at radius 1 is 1.35 bits per heavy atom. The molecule has 1 aliphatic rings. The van der Waals surface area contributed by atoms with Crippen molar-refractivity contribution in [1.82, 2.24) is 15.5 Å². The molecule has 0 amide bonds. The molecule has 2 heterocycles. The molecule has 0 radical (unpaired) electrons. The molecule has 2 aromatic heterocycles. The van der Waals surface area contributed by atoms with Gasteiger partial charge in [-0.2, -0.15) is 0 Å². The fourth-order valence-corrected chi connectivity index (χ4v) is 3.37. The van der Waals surface area contributed by atoms with Crippen LogP contribution < -0.4 is 5.32 Å². The average molecular weight is 315 g/mol. The number of rotatable bonds is 7. The lowest BCUT2D eigenvalue weighted by Gasteiger charge is -2.52. The molecule has 3 rings (SSSR count). The minimum absolute atomic E-state index is 0.100. The van der Waals surface area contributed by atoms with E-state index >= 15 is 0 Å². The first-order valence-corrected chi connectivity index (χ1v) is 8.28. The second-order valence-electron chi connectivity index (χ2n) is 6.97. The monoisotopic (exact) mass is 315 g/mol. The Morgan fingerprint density at radius 3 is 2.91 bits per heavy atom. The topological polar surface area (TPSA) is 71.2 Å². The number of nitrogens with one attached hydrogen (secondary N) is 1. The van der Waals surface area contributed by atoms with Gasteiger partial charge in [0.25, 0.3) is 0 Å². The normalized spacial score (nSPS) is 22.7. The highest BCUT2D eigenvalue weighted by molar-refractivity contribution is 5.12. The summed E-state index contributed by atoms with van der Waals surface area (Å²) in [5, 5.41) is 16.7. The second-order valence-corrected chi connectivity index (χ2v) is 6.97. The Morgan fingerprint density at radius 2 is 2.22 bits per heavy atom. The lowest BCUT2D eigenvalue weighted by molar-refractivity contribution is 0.0123. The molecule has 124 valence electrons. The number of aliphatic hydroxyl groups is 1. The van der Waals surface area contributed by atoms with Gasteiger partial charge in [-0.3, -0.25) is 4.98 Å². The lowest BCUT2D eigenvalue weighted by atomic mass is 9.57. The number of hydrogen-bond acceptors (Lipinski definition) is 5. The molecule has 0 spiro atoms. The molecular formula is C18H25N3O2. The molecule has 1 saturated carbocycles. The summed E-state index contributed by atoms with van der Waals surface area (Å²) in [5.41, 5.74) is 2.30. The molecule has 1 aliphatic carbocycles. The standard InChI is InChI=1S/C18H25N3O2/c1-18(2)13(9-15-11-16(6-8-22)23-21-15)10-17(18)20-12-14-5-3-4-7-19-14/h3-5,7,11,13,17,20,22H,6,8-10,12H2,1-2H3. The van der Waals surface area contributed by atoms with Crippen LogP contribution in [-0.4, -0.2) is 27.9 Å². The van der Waals surface area contributed by atoms with Gasteiger partial charge in [0, 0.05) is 31.3 Å². The van der Waals surface area contributed by atoms with Crippen LogP contribution in [-0.2, 0) is 19.4 Å². The van der Waals surface area contributed by atoms with E-state index in [0.717, 1.165) is 36.5 Å². The molecule has 23 heavy (non-hydrogen) atoms. The molecule has 0 saturated heterocycles. The summed E-state index contributed by atoms with van der Waals surface area (Å²) in [5.74, 6) is 1.36. The third-order valence-electron chi connectivity index (χ3n) is 5.15. The Balaban J connectivity index is 1.51. The highest BCUT2D eigenvalue weighted by Gasteiger charge is 2.47. The van der Waals surface area contributed by atoms with E-state index in [4.69, 9.17) is 9.63 Å². The molecule has 2 unspecified atom stereocenters. The first kappa shape index (κ1) is 16.1. The number of pyridine rings is 1. The molecule has 2 aromatic rings. The largest absolute Gasteiger partial charge is 0.396 e. The van der Waals surface area contributed by atoms with Crippen LogP contribution in [0.2, 0.25) is 0 Å². The quantitative estimate of drug-likeness (QED) is 0.820. The molecular weight excluding hydrogens is 290 g/mol. The van der Waals surface area contributed by atoms with Crippen LogP contribution in [0.15, 0.2) is 35.0 Å². The van der Waals surface area contributed by atoms with Gasteiger partial charge in [-0.05, 0) is 36.3 Å². The summed E-state index contributed by atoms with van der Waals surface area (Å²) in [4.78, 5) is 4.36. The molecule has 5 nitrogen and oxygen atoms in total. The van der Waals surface area contributed by atoms with Crippen molar-refractivity contribution >= 4 is 0 Å². The first-order valence-electron chi connectivity index (χ1n) is 8.28. The van der Waals surface area contributed by atoms with E-state index in [9.17, 15) is 0 Å². The van der Waals surface area contributed by atoms with Crippen LogP contribution in [0.5, 0.6) is 0 Å². The van der Waals surface area contributed by atoms with Crippen LogP contribution in [0.1, 0.15) is 37.4 Å². The molecule has 0 aromatic carbocycles. The summed E-state index contributed by atoms with van der Waals surface area (Å²) in [6, 6.07) is 8.48. The highest BCUT2D eigenvalue weighted by Crippen LogP contribution is 2.47. The van der Waals surface area contributed by atoms with Gasteiger partial charge < -0.3 is 14.9 Å². The van der Waals surface area contributed by atoms with Gasteiger partial charge in [0.05, 0.1) is 18.0 Å². The molecule has 2 atom stereocenters. The minimum Gasteiger partial charge on any atom is -0.396 e. The van der Waals surface area contributed by atoms with Crippen LogP contribution in [0.25, 0.3) is 0 Å². The Kier molecular flexibility index (Phi) is 4.78. The van der Waals surface area contributed by atoms with E-state index < -0.39 is 0 Å². The van der Waals surface area contributed by atoms with E-state index in [1.165, 1.54) is 0 Å². The Bertz CT molecular complexity index is 624. The predicted molar refractivity (Wildman–Crippen MR) is 87.7 cm³/mol. The van der Waals surface area contributed by atoms with Crippen molar-refractivity contribution in [2.24, 2.45) is 11.3 Å². The third-order valence-corrected chi connectivity index (χ3v) is 5.15. The molecule has 0 aliphatic heterocycles. The smallest absolute Gasteiger partial charge is 0.139 e. The van der Waals surface area contributed by atoms with Crippen molar-refractivity contribution in [3.8, 4) is 0 Å². The second kappa shape index (κ2) is 6.81. The van der Waals surface area contributed by atoms with Crippen molar-refractivity contribution in [1.29, 1.82) is 0 Å². The molecule has 0 bridgehead atoms. The maximum absolute atomic E-state index is 8.94. The van der Waals surface area contributed by atoms with E-state index in [-0.39, 0.29) is 12.0 Å². The van der Waals surface area contributed by atoms with E-state index in [0.29, 0.717) is 18.4 Å². The SMILES string of the molecule is CC1(C)C(Cc2cc(CCO)on2)CC1NCc1ccccn1. The maximum atomic E-state index is 8.94. The first-order chi connectivity index (χ1) is 11.1. The van der Waals surface area contributed by atoms with Crippen LogP contribution >= 0.6 is 0 Å². The van der Waals surface area contributed by atoms with Gasteiger partial charge in [-0.15, -0.1) is 0 Å². The highest BCUT2D eigenvalue weighted by atomic mass is 16.5. The Labute approximate surface area is 137 Å². The summed E-state index contributed by atoms with van der Waals surface area (Å²) < 4.78 is 5.24. The van der Waals surface area contributed by atoms with Gasteiger partial charge in [-0.25, -0.2) is 0 Å². The number of aromatic nitrogens is 2. The Hall–Kier alpha value is -1.72. The van der Waals surface area contributed by atoms with E-state index in [2.05, 4.69) is 29.3 Å². The summed E-state index contributed by atoms with van der Waals surface area (Å²) in [7, 11) is 0. The van der Waals surface area contributed by atoms with Crippen molar-refractivity contribution in [2.45, 2.75) is 45.7 Å².